The van der Waals surface area contributed by atoms with Crippen molar-refractivity contribution in [1.29, 1.82) is 0 Å². The summed E-state index contributed by atoms with van der Waals surface area (Å²) < 4.78 is 0. The van der Waals surface area contributed by atoms with Gasteiger partial charge in [0, 0.05) is 43.5 Å². The molecule has 1 aromatic carbocycles. The smallest absolute Gasteiger partial charge is 0.225 e. The van der Waals surface area contributed by atoms with Crippen molar-refractivity contribution in [1.82, 2.24) is 20.2 Å². The van der Waals surface area contributed by atoms with Gasteiger partial charge in [-0.2, -0.15) is 0 Å². The first kappa shape index (κ1) is 22.7. The molecule has 3 heterocycles. The minimum Gasteiger partial charge on any atom is -0.356 e. The lowest BCUT2D eigenvalue weighted by Gasteiger charge is -2.33. The number of likely N-dealkylation sites (tertiary alicyclic amines) is 1. The summed E-state index contributed by atoms with van der Waals surface area (Å²) in [4.78, 5) is 26.6. The van der Waals surface area contributed by atoms with E-state index >= 15 is 0 Å². The minimum absolute atomic E-state index is 0.116. The molecule has 1 N–H and O–H groups in total. The zero-order valence-corrected chi connectivity index (χ0v) is 19.6. The number of aryl methyl sites for hydroxylation is 2. The molecule has 0 unspecified atom stereocenters. The molecular formula is C26H37N5O. The lowest BCUT2D eigenvalue weighted by molar-refractivity contribution is -0.125. The fourth-order valence-corrected chi connectivity index (χ4v) is 5.01. The van der Waals surface area contributed by atoms with Crippen LogP contribution in [0.5, 0.6) is 0 Å². The van der Waals surface area contributed by atoms with Gasteiger partial charge in [-0.15, -0.1) is 0 Å². The number of aromatic nitrogens is 2. The maximum absolute atomic E-state index is 12.7. The van der Waals surface area contributed by atoms with Gasteiger partial charge in [0.2, 0.25) is 11.9 Å². The Morgan fingerprint density at radius 2 is 1.62 bits per heavy atom. The third-order valence-corrected chi connectivity index (χ3v) is 6.93. The van der Waals surface area contributed by atoms with E-state index in [2.05, 4.69) is 55.4 Å². The first-order valence-corrected chi connectivity index (χ1v) is 12.2. The van der Waals surface area contributed by atoms with Gasteiger partial charge in [-0.3, -0.25) is 9.69 Å². The number of amides is 1. The summed E-state index contributed by atoms with van der Waals surface area (Å²) in [5.41, 5.74) is 3.39. The van der Waals surface area contributed by atoms with Crippen molar-refractivity contribution >= 4 is 11.9 Å². The molecule has 32 heavy (non-hydrogen) atoms. The number of carbonyl (C=O) groups excluding carboxylic acids is 1. The highest BCUT2D eigenvalue weighted by atomic mass is 16.1. The number of hydrogen-bond acceptors (Lipinski definition) is 5. The van der Waals surface area contributed by atoms with Crippen LogP contribution in [0.15, 0.2) is 36.4 Å². The van der Waals surface area contributed by atoms with Gasteiger partial charge in [-0.05, 0) is 76.6 Å². The summed E-state index contributed by atoms with van der Waals surface area (Å²) in [6.07, 6.45) is 5.31. The molecule has 0 radical (unpaired) electrons. The van der Waals surface area contributed by atoms with Crippen LogP contribution < -0.4 is 10.2 Å². The summed E-state index contributed by atoms with van der Waals surface area (Å²) in [5.74, 6) is 1.88. The van der Waals surface area contributed by atoms with Gasteiger partial charge in [0.1, 0.15) is 0 Å². The Bertz CT molecular complexity index is 851. The van der Waals surface area contributed by atoms with Crippen molar-refractivity contribution in [2.75, 3.05) is 37.6 Å². The van der Waals surface area contributed by atoms with Crippen LogP contribution in [-0.4, -0.2) is 53.5 Å². The third kappa shape index (κ3) is 6.28. The van der Waals surface area contributed by atoms with Crippen LogP contribution in [0, 0.1) is 25.7 Å². The van der Waals surface area contributed by atoms with Crippen molar-refractivity contribution in [3.05, 3.63) is 53.3 Å². The topological polar surface area (TPSA) is 61.4 Å². The van der Waals surface area contributed by atoms with Crippen LogP contribution in [-0.2, 0) is 11.3 Å². The molecular weight excluding hydrogens is 398 g/mol. The van der Waals surface area contributed by atoms with Gasteiger partial charge in [0.05, 0.1) is 0 Å². The third-order valence-electron chi connectivity index (χ3n) is 6.93. The zero-order chi connectivity index (χ0) is 22.3. The second-order valence-corrected chi connectivity index (χ2v) is 9.50. The molecule has 2 saturated heterocycles. The molecule has 2 fully saturated rings. The molecule has 2 aromatic rings. The molecule has 6 heteroatoms. The number of anilines is 1. The summed E-state index contributed by atoms with van der Waals surface area (Å²) in [6, 6.07) is 12.7. The van der Waals surface area contributed by atoms with Gasteiger partial charge in [0.15, 0.2) is 0 Å². The molecule has 172 valence electrons. The normalized spacial score (nSPS) is 18.6. The number of piperidine rings is 2. The fourth-order valence-electron chi connectivity index (χ4n) is 5.01. The summed E-state index contributed by atoms with van der Waals surface area (Å²) in [5, 5.41) is 3.22. The van der Waals surface area contributed by atoms with Crippen molar-refractivity contribution < 1.29 is 4.79 Å². The average Bonchev–Trinajstić information content (AvgIpc) is 2.80. The molecule has 0 saturated carbocycles. The van der Waals surface area contributed by atoms with E-state index in [4.69, 9.17) is 0 Å². The Kier molecular flexibility index (Phi) is 7.74. The maximum atomic E-state index is 12.7. The highest BCUT2D eigenvalue weighted by Crippen LogP contribution is 2.23. The lowest BCUT2D eigenvalue weighted by Crippen LogP contribution is -2.42. The van der Waals surface area contributed by atoms with Gasteiger partial charge >= 0.3 is 0 Å². The molecule has 0 atom stereocenters. The van der Waals surface area contributed by atoms with Gasteiger partial charge < -0.3 is 10.2 Å². The van der Waals surface area contributed by atoms with Gasteiger partial charge in [0.25, 0.3) is 0 Å². The second-order valence-electron chi connectivity index (χ2n) is 9.50. The number of carbonyl (C=O) groups is 1. The van der Waals surface area contributed by atoms with Crippen LogP contribution in [0.1, 0.15) is 49.1 Å². The highest BCUT2D eigenvalue weighted by molar-refractivity contribution is 5.78. The SMILES string of the molecule is Cc1cc(C)nc(N2CCC(C(=O)NCCC3CCN(Cc4ccccc4)CC3)CC2)n1. The maximum Gasteiger partial charge on any atom is 0.225 e. The predicted molar refractivity (Wildman–Crippen MR) is 129 cm³/mol. The quantitative estimate of drug-likeness (QED) is 0.718. The van der Waals surface area contributed by atoms with E-state index in [-0.39, 0.29) is 11.8 Å². The Morgan fingerprint density at radius 3 is 2.28 bits per heavy atom. The van der Waals surface area contributed by atoms with E-state index < -0.39 is 0 Å². The first-order chi connectivity index (χ1) is 15.6. The number of hydrogen-bond donors (Lipinski definition) is 1. The molecule has 0 spiro atoms. The van der Waals surface area contributed by atoms with Crippen molar-refractivity contribution in [2.45, 2.75) is 52.5 Å². The summed E-state index contributed by atoms with van der Waals surface area (Å²) >= 11 is 0. The Labute approximate surface area is 192 Å². The van der Waals surface area contributed by atoms with E-state index in [0.717, 1.165) is 81.8 Å². The largest absolute Gasteiger partial charge is 0.356 e. The minimum atomic E-state index is 0.116. The van der Waals surface area contributed by atoms with E-state index in [1.807, 2.05) is 19.9 Å². The van der Waals surface area contributed by atoms with Gasteiger partial charge in [-0.1, -0.05) is 30.3 Å². The Balaban J connectivity index is 1.13. The molecule has 4 rings (SSSR count). The van der Waals surface area contributed by atoms with Crippen LogP contribution in [0.3, 0.4) is 0 Å². The number of rotatable bonds is 7. The van der Waals surface area contributed by atoms with Crippen LogP contribution in [0.4, 0.5) is 5.95 Å². The van der Waals surface area contributed by atoms with Crippen molar-refractivity contribution in [2.24, 2.45) is 11.8 Å². The number of benzene rings is 1. The zero-order valence-electron chi connectivity index (χ0n) is 19.6. The summed E-state index contributed by atoms with van der Waals surface area (Å²) in [6.45, 7) is 9.89. The fraction of sp³-hybridized carbons (Fsp3) is 0.577. The van der Waals surface area contributed by atoms with Crippen LogP contribution >= 0.6 is 0 Å². The number of nitrogens with one attached hydrogen (secondary N) is 1. The number of nitrogens with zero attached hydrogens (tertiary/aromatic N) is 4. The molecule has 1 amide bonds. The van der Waals surface area contributed by atoms with E-state index in [9.17, 15) is 4.79 Å². The molecule has 2 aliphatic heterocycles. The molecule has 1 aromatic heterocycles. The standard InChI is InChI=1S/C26H37N5O/c1-20-18-21(2)29-26(28-20)31-16-11-24(12-17-31)25(32)27-13-8-22-9-14-30(15-10-22)19-23-6-4-3-5-7-23/h3-7,18,22,24H,8-17,19H2,1-2H3,(H,27,32). The van der Waals surface area contributed by atoms with E-state index in [1.54, 1.807) is 0 Å². The molecule has 0 aliphatic carbocycles. The van der Waals surface area contributed by atoms with E-state index in [1.165, 1.54) is 18.4 Å². The van der Waals surface area contributed by atoms with Crippen molar-refractivity contribution in [3.63, 3.8) is 0 Å². The average molecular weight is 436 g/mol. The second kappa shape index (κ2) is 10.9. The Morgan fingerprint density at radius 1 is 0.969 bits per heavy atom. The lowest BCUT2D eigenvalue weighted by atomic mass is 9.92. The first-order valence-electron chi connectivity index (χ1n) is 12.2. The molecule has 6 nitrogen and oxygen atoms in total. The summed E-state index contributed by atoms with van der Waals surface area (Å²) in [7, 11) is 0. The van der Waals surface area contributed by atoms with Gasteiger partial charge in [-0.25, -0.2) is 9.97 Å². The van der Waals surface area contributed by atoms with Crippen LogP contribution in [0.2, 0.25) is 0 Å². The highest BCUT2D eigenvalue weighted by Gasteiger charge is 2.26. The molecule has 2 aliphatic rings. The van der Waals surface area contributed by atoms with E-state index in [0.29, 0.717) is 0 Å². The van der Waals surface area contributed by atoms with Crippen molar-refractivity contribution in [3.8, 4) is 0 Å². The molecule has 0 bridgehead atoms. The van der Waals surface area contributed by atoms with Crippen LogP contribution in [0.25, 0.3) is 0 Å². The monoisotopic (exact) mass is 435 g/mol. The predicted octanol–water partition coefficient (Wildman–Crippen LogP) is 3.73. The Hall–Kier alpha value is -2.47.